The van der Waals surface area contributed by atoms with Gasteiger partial charge in [-0.1, -0.05) is 55.5 Å². The lowest BCUT2D eigenvalue weighted by Gasteiger charge is -2.11. The van der Waals surface area contributed by atoms with Crippen LogP contribution in [0.3, 0.4) is 0 Å². The van der Waals surface area contributed by atoms with Crippen LogP contribution in [0.15, 0.2) is 60.7 Å². The van der Waals surface area contributed by atoms with Crippen molar-refractivity contribution in [3.05, 3.63) is 77.6 Å². The van der Waals surface area contributed by atoms with Gasteiger partial charge in [0.2, 0.25) is 5.91 Å². The van der Waals surface area contributed by atoms with Crippen LogP contribution in [0.5, 0.6) is 0 Å². The van der Waals surface area contributed by atoms with E-state index in [0.717, 1.165) is 0 Å². The third-order valence-electron chi connectivity index (χ3n) is 3.27. The van der Waals surface area contributed by atoms with E-state index in [-0.39, 0.29) is 17.6 Å². The first-order valence-corrected chi connectivity index (χ1v) is 6.92. The first-order valence-electron chi connectivity index (χ1n) is 6.92. The Morgan fingerprint density at radius 3 is 2.52 bits per heavy atom. The minimum Gasteiger partial charge on any atom is -0.352 e. The molecule has 0 saturated heterocycles. The predicted molar refractivity (Wildman–Crippen MR) is 83.3 cm³/mol. The predicted octanol–water partition coefficient (Wildman–Crippen LogP) is 3.76. The Morgan fingerprint density at radius 2 is 1.81 bits per heavy atom. The molecule has 3 heteroatoms. The summed E-state index contributed by atoms with van der Waals surface area (Å²) in [5.41, 5.74) is 1.58. The summed E-state index contributed by atoms with van der Waals surface area (Å²) in [7, 11) is 0. The molecule has 1 amide bonds. The second kappa shape index (κ2) is 7.39. The van der Waals surface area contributed by atoms with Crippen LogP contribution in [0, 0.1) is 5.82 Å². The summed E-state index contributed by atoms with van der Waals surface area (Å²) in [4.78, 5) is 11.7. The quantitative estimate of drug-likeness (QED) is 0.832. The van der Waals surface area contributed by atoms with Crippen molar-refractivity contribution in [3.63, 3.8) is 0 Å². The van der Waals surface area contributed by atoms with Crippen LogP contribution < -0.4 is 5.32 Å². The van der Waals surface area contributed by atoms with Crippen molar-refractivity contribution in [2.24, 2.45) is 0 Å². The highest BCUT2D eigenvalue weighted by Gasteiger charge is 2.05. The van der Waals surface area contributed by atoms with Crippen LogP contribution in [-0.4, -0.2) is 12.5 Å². The fourth-order valence-electron chi connectivity index (χ4n) is 1.99. The van der Waals surface area contributed by atoms with E-state index < -0.39 is 0 Å². The van der Waals surface area contributed by atoms with E-state index in [1.807, 2.05) is 30.3 Å². The molecule has 0 spiro atoms. The molecule has 0 heterocycles. The number of halogens is 1. The van der Waals surface area contributed by atoms with Crippen LogP contribution in [-0.2, 0) is 4.79 Å². The number of amides is 1. The molecule has 0 aromatic heterocycles. The van der Waals surface area contributed by atoms with Gasteiger partial charge in [0, 0.05) is 18.2 Å². The molecular formula is C18H18FNO. The van der Waals surface area contributed by atoms with Gasteiger partial charge in [-0.2, -0.15) is 0 Å². The average molecular weight is 283 g/mol. The van der Waals surface area contributed by atoms with Crippen LogP contribution in [0.4, 0.5) is 4.39 Å². The molecule has 1 atom stereocenters. The van der Waals surface area contributed by atoms with E-state index in [1.165, 1.54) is 23.8 Å². The van der Waals surface area contributed by atoms with E-state index in [9.17, 15) is 9.18 Å². The third-order valence-corrected chi connectivity index (χ3v) is 3.27. The first kappa shape index (κ1) is 15.0. The van der Waals surface area contributed by atoms with Crippen molar-refractivity contribution >= 4 is 12.0 Å². The summed E-state index contributed by atoms with van der Waals surface area (Å²) in [6.45, 7) is 2.60. The lowest BCUT2D eigenvalue weighted by Crippen LogP contribution is -2.25. The van der Waals surface area contributed by atoms with Crippen molar-refractivity contribution in [2.75, 3.05) is 6.54 Å². The van der Waals surface area contributed by atoms with Gasteiger partial charge in [0.15, 0.2) is 0 Å². The average Bonchev–Trinajstić information content (AvgIpc) is 2.52. The molecule has 2 rings (SSSR count). The second-order valence-corrected chi connectivity index (χ2v) is 4.91. The van der Waals surface area contributed by atoms with Crippen LogP contribution in [0.1, 0.15) is 24.0 Å². The molecule has 0 aliphatic heterocycles. The molecular weight excluding hydrogens is 265 g/mol. The Balaban J connectivity index is 1.87. The summed E-state index contributed by atoms with van der Waals surface area (Å²) >= 11 is 0. The smallest absolute Gasteiger partial charge is 0.244 e. The standard InChI is InChI=1S/C18H18FNO/c1-14(15-7-3-2-4-8-15)13-20-18(21)12-11-16-9-5-6-10-17(16)19/h2-12,14H,13H2,1H3,(H,20,21)/b12-11+. The molecule has 2 aromatic rings. The molecule has 21 heavy (non-hydrogen) atoms. The highest BCUT2D eigenvalue weighted by molar-refractivity contribution is 5.91. The van der Waals surface area contributed by atoms with Crippen LogP contribution in [0.2, 0.25) is 0 Å². The summed E-state index contributed by atoms with van der Waals surface area (Å²) in [6, 6.07) is 16.3. The van der Waals surface area contributed by atoms with Crippen molar-refractivity contribution < 1.29 is 9.18 Å². The van der Waals surface area contributed by atoms with E-state index in [4.69, 9.17) is 0 Å². The van der Waals surface area contributed by atoms with Crippen LogP contribution >= 0.6 is 0 Å². The van der Waals surface area contributed by atoms with E-state index in [1.54, 1.807) is 18.2 Å². The number of carbonyl (C=O) groups is 1. The minimum atomic E-state index is -0.334. The van der Waals surface area contributed by atoms with Gasteiger partial charge in [0.05, 0.1) is 0 Å². The Kier molecular flexibility index (Phi) is 5.27. The zero-order chi connectivity index (χ0) is 15.1. The Hall–Kier alpha value is -2.42. The van der Waals surface area contributed by atoms with Gasteiger partial charge in [-0.05, 0) is 23.6 Å². The van der Waals surface area contributed by atoms with E-state index in [0.29, 0.717) is 12.1 Å². The SMILES string of the molecule is CC(CNC(=O)/C=C/c1ccccc1F)c1ccccc1. The first-order chi connectivity index (χ1) is 10.2. The fraction of sp³-hybridized carbons (Fsp3) is 0.167. The molecule has 1 N–H and O–H groups in total. The number of nitrogens with one attached hydrogen (secondary N) is 1. The molecule has 0 radical (unpaired) electrons. The maximum absolute atomic E-state index is 13.4. The van der Waals surface area contributed by atoms with Gasteiger partial charge in [0.1, 0.15) is 5.82 Å². The number of rotatable bonds is 5. The molecule has 108 valence electrons. The normalized spacial score (nSPS) is 12.3. The summed E-state index contributed by atoms with van der Waals surface area (Å²) in [5, 5.41) is 2.82. The lowest BCUT2D eigenvalue weighted by molar-refractivity contribution is -0.116. The second-order valence-electron chi connectivity index (χ2n) is 4.91. The monoisotopic (exact) mass is 283 g/mol. The summed E-state index contributed by atoms with van der Waals surface area (Å²) in [6.07, 6.45) is 2.84. The molecule has 0 aliphatic rings. The van der Waals surface area contributed by atoms with Crippen molar-refractivity contribution in [2.45, 2.75) is 12.8 Å². The van der Waals surface area contributed by atoms with E-state index in [2.05, 4.69) is 12.2 Å². The van der Waals surface area contributed by atoms with Gasteiger partial charge in [-0.15, -0.1) is 0 Å². The van der Waals surface area contributed by atoms with Crippen LogP contribution in [0.25, 0.3) is 6.08 Å². The Labute approximate surface area is 124 Å². The van der Waals surface area contributed by atoms with Crippen molar-refractivity contribution in [1.82, 2.24) is 5.32 Å². The zero-order valence-electron chi connectivity index (χ0n) is 11.9. The summed E-state index contributed by atoms with van der Waals surface area (Å²) in [5.74, 6) is -0.322. The van der Waals surface area contributed by atoms with Crippen molar-refractivity contribution in [1.29, 1.82) is 0 Å². The summed E-state index contributed by atoms with van der Waals surface area (Å²) < 4.78 is 13.4. The van der Waals surface area contributed by atoms with Crippen molar-refractivity contribution in [3.8, 4) is 0 Å². The maximum Gasteiger partial charge on any atom is 0.244 e. The molecule has 0 saturated carbocycles. The molecule has 0 fully saturated rings. The zero-order valence-corrected chi connectivity index (χ0v) is 11.9. The molecule has 2 nitrogen and oxygen atoms in total. The molecule has 0 aliphatic carbocycles. The van der Waals surface area contributed by atoms with Gasteiger partial charge in [-0.3, -0.25) is 4.79 Å². The van der Waals surface area contributed by atoms with Gasteiger partial charge >= 0.3 is 0 Å². The number of hydrogen-bond acceptors (Lipinski definition) is 1. The topological polar surface area (TPSA) is 29.1 Å². The number of carbonyl (C=O) groups excluding carboxylic acids is 1. The molecule has 0 bridgehead atoms. The molecule has 2 aromatic carbocycles. The Morgan fingerprint density at radius 1 is 1.14 bits per heavy atom. The van der Waals surface area contributed by atoms with Gasteiger partial charge in [-0.25, -0.2) is 4.39 Å². The highest BCUT2D eigenvalue weighted by Crippen LogP contribution is 2.13. The van der Waals surface area contributed by atoms with Gasteiger partial charge < -0.3 is 5.32 Å². The third kappa shape index (κ3) is 4.56. The number of benzene rings is 2. The maximum atomic E-state index is 13.4. The largest absolute Gasteiger partial charge is 0.352 e. The fourth-order valence-corrected chi connectivity index (χ4v) is 1.99. The van der Waals surface area contributed by atoms with E-state index >= 15 is 0 Å². The Bertz CT molecular complexity index is 622. The van der Waals surface area contributed by atoms with Gasteiger partial charge in [0.25, 0.3) is 0 Å². The number of hydrogen-bond donors (Lipinski definition) is 1. The lowest BCUT2D eigenvalue weighted by atomic mass is 10.0. The molecule has 1 unspecified atom stereocenters. The highest BCUT2D eigenvalue weighted by atomic mass is 19.1. The minimum absolute atomic E-state index is 0.221.